The molecule has 1 aliphatic heterocycles. The average Bonchev–Trinajstić information content (AvgIpc) is 2.68. The van der Waals surface area contributed by atoms with Crippen molar-refractivity contribution < 1.29 is 9.84 Å². The highest BCUT2D eigenvalue weighted by atomic mass is 16.5. The third-order valence-electron chi connectivity index (χ3n) is 5.80. The van der Waals surface area contributed by atoms with Crippen molar-refractivity contribution in [1.29, 1.82) is 0 Å². The molecule has 3 N–H and O–H groups in total. The first-order valence-electron chi connectivity index (χ1n) is 9.33. The van der Waals surface area contributed by atoms with Gasteiger partial charge in [-0.2, -0.15) is 0 Å². The van der Waals surface area contributed by atoms with Crippen molar-refractivity contribution in [3.63, 3.8) is 0 Å². The van der Waals surface area contributed by atoms with E-state index in [1.807, 2.05) is 24.3 Å². The number of para-hydroxylation sites is 2. The van der Waals surface area contributed by atoms with Crippen LogP contribution in [0.3, 0.4) is 0 Å². The number of piperazine rings is 1. The van der Waals surface area contributed by atoms with Crippen LogP contribution >= 0.6 is 0 Å². The van der Waals surface area contributed by atoms with E-state index >= 15 is 0 Å². The number of benzene rings is 2. The molecule has 26 heavy (non-hydrogen) atoms. The molecule has 1 saturated heterocycles. The van der Waals surface area contributed by atoms with Crippen LogP contribution in [0.25, 0.3) is 0 Å². The van der Waals surface area contributed by atoms with Crippen LogP contribution in [0.15, 0.2) is 42.5 Å². The van der Waals surface area contributed by atoms with Crippen LogP contribution in [0.1, 0.15) is 11.1 Å². The molecule has 0 bridgehead atoms. The van der Waals surface area contributed by atoms with Crippen LogP contribution in [0.5, 0.6) is 5.75 Å². The maximum absolute atomic E-state index is 10.7. The Bertz CT molecular complexity index is 772. The zero-order chi connectivity index (χ0) is 18.1. The molecule has 2 aromatic carbocycles. The topological polar surface area (TPSA) is 62.0 Å². The molecule has 5 heteroatoms. The van der Waals surface area contributed by atoms with Gasteiger partial charge in [0.2, 0.25) is 0 Å². The van der Waals surface area contributed by atoms with Crippen LogP contribution in [0, 0.1) is 0 Å². The van der Waals surface area contributed by atoms with Crippen LogP contribution in [-0.4, -0.2) is 55.4 Å². The van der Waals surface area contributed by atoms with Crippen molar-refractivity contribution >= 4 is 11.4 Å². The highest BCUT2D eigenvalue weighted by molar-refractivity contribution is 5.58. The highest BCUT2D eigenvalue weighted by Gasteiger charge is 2.34. The Hall–Kier alpha value is -2.24. The fourth-order valence-electron chi connectivity index (χ4n) is 4.36. The summed E-state index contributed by atoms with van der Waals surface area (Å²) in [6.07, 6.45) is 1.19. The molecule has 0 saturated carbocycles. The normalized spacial score (nSPS) is 23.5. The average molecular weight is 353 g/mol. The Balaban J connectivity index is 1.46. The quantitative estimate of drug-likeness (QED) is 0.826. The lowest BCUT2D eigenvalue weighted by atomic mass is 9.84. The van der Waals surface area contributed by atoms with Crippen molar-refractivity contribution in [2.75, 3.05) is 43.9 Å². The van der Waals surface area contributed by atoms with Gasteiger partial charge >= 0.3 is 0 Å². The van der Waals surface area contributed by atoms with Gasteiger partial charge in [0.25, 0.3) is 0 Å². The van der Waals surface area contributed by atoms with Gasteiger partial charge in [0, 0.05) is 44.3 Å². The molecule has 1 fully saturated rings. The summed E-state index contributed by atoms with van der Waals surface area (Å²) in [5.41, 5.74) is 10.6. The summed E-state index contributed by atoms with van der Waals surface area (Å²) in [6.45, 7) is 3.73. The predicted octanol–water partition coefficient (Wildman–Crippen LogP) is 1.93. The molecule has 0 radical (unpaired) electrons. The Morgan fingerprint density at radius 1 is 1.00 bits per heavy atom. The van der Waals surface area contributed by atoms with E-state index < -0.39 is 0 Å². The smallest absolute Gasteiger partial charge is 0.142 e. The Labute approximate surface area is 155 Å². The first kappa shape index (κ1) is 17.2. The summed E-state index contributed by atoms with van der Waals surface area (Å²) < 4.78 is 5.50. The number of ether oxygens (including phenoxy) is 1. The summed E-state index contributed by atoms with van der Waals surface area (Å²) in [5.74, 6) is 0.917. The highest BCUT2D eigenvalue weighted by Crippen LogP contribution is 2.32. The fraction of sp³-hybridized carbons (Fsp3) is 0.429. The molecule has 4 rings (SSSR count). The number of rotatable bonds is 3. The van der Waals surface area contributed by atoms with Gasteiger partial charge < -0.3 is 20.5 Å². The van der Waals surface area contributed by atoms with Crippen molar-refractivity contribution in [2.24, 2.45) is 0 Å². The van der Waals surface area contributed by atoms with Crippen molar-refractivity contribution in [1.82, 2.24) is 4.90 Å². The predicted molar refractivity (Wildman–Crippen MR) is 105 cm³/mol. The van der Waals surface area contributed by atoms with E-state index in [0.29, 0.717) is 6.42 Å². The van der Waals surface area contributed by atoms with Crippen LogP contribution in [-0.2, 0) is 12.8 Å². The number of methoxy groups -OCH3 is 1. The van der Waals surface area contributed by atoms with Crippen molar-refractivity contribution in [3.8, 4) is 5.75 Å². The second-order valence-electron chi connectivity index (χ2n) is 7.22. The first-order valence-corrected chi connectivity index (χ1v) is 9.33. The lowest BCUT2D eigenvalue weighted by molar-refractivity contribution is 0.0396. The lowest BCUT2D eigenvalue weighted by Gasteiger charge is -2.44. The van der Waals surface area contributed by atoms with Gasteiger partial charge in [-0.15, -0.1) is 0 Å². The minimum absolute atomic E-state index is 0.145. The number of fused-ring (bicyclic) bond motifs is 1. The molecular formula is C21H27N3O2. The zero-order valence-corrected chi connectivity index (χ0v) is 15.3. The lowest BCUT2D eigenvalue weighted by Crippen LogP contribution is -2.56. The third kappa shape index (κ3) is 3.13. The molecule has 0 unspecified atom stereocenters. The Kier molecular flexibility index (Phi) is 4.74. The minimum atomic E-state index is -0.331. The van der Waals surface area contributed by atoms with Gasteiger partial charge in [-0.25, -0.2) is 0 Å². The summed E-state index contributed by atoms with van der Waals surface area (Å²) >= 11 is 0. The number of aliphatic hydroxyl groups excluding tert-OH is 1. The van der Waals surface area contributed by atoms with E-state index in [9.17, 15) is 5.11 Å². The monoisotopic (exact) mass is 353 g/mol. The first-order chi connectivity index (χ1) is 12.7. The number of aliphatic hydroxyl groups is 1. The molecule has 5 nitrogen and oxygen atoms in total. The summed E-state index contributed by atoms with van der Waals surface area (Å²) in [4.78, 5) is 4.79. The second kappa shape index (κ2) is 7.17. The van der Waals surface area contributed by atoms with E-state index in [4.69, 9.17) is 10.5 Å². The molecule has 138 valence electrons. The summed E-state index contributed by atoms with van der Waals surface area (Å²) in [5, 5.41) is 10.7. The fourth-order valence-corrected chi connectivity index (χ4v) is 4.36. The molecule has 1 heterocycles. The molecule has 2 atom stereocenters. The molecule has 2 aliphatic rings. The van der Waals surface area contributed by atoms with Crippen LogP contribution < -0.4 is 15.4 Å². The van der Waals surface area contributed by atoms with E-state index in [-0.39, 0.29) is 12.1 Å². The molecular weight excluding hydrogens is 326 g/mol. The van der Waals surface area contributed by atoms with Crippen molar-refractivity contribution in [2.45, 2.75) is 25.0 Å². The largest absolute Gasteiger partial charge is 0.495 e. The minimum Gasteiger partial charge on any atom is -0.495 e. The Morgan fingerprint density at radius 2 is 1.77 bits per heavy atom. The van der Waals surface area contributed by atoms with E-state index in [0.717, 1.165) is 49.7 Å². The molecule has 0 spiro atoms. The van der Waals surface area contributed by atoms with Gasteiger partial charge in [0.05, 0.1) is 18.9 Å². The third-order valence-corrected chi connectivity index (χ3v) is 5.80. The van der Waals surface area contributed by atoms with Gasteiger partial charge in [0.1, 0.15) is 5.75 Å². The van der Waals surface area contributed by atoms with Crippen LogP contribution in [0.2, 0.25) is 0 Å². The molecule has 0 amide bonds. The van der Waals surface area contributed by atoms with Gasteiger partial charge in [-0.3, -0.25) is 4.90 Å². The standard InChI is InChI=1S/C21H27N3O2/c1-26-21-8-3-2-7-18(21)23-9-11-24(12-10-23)19-14-16-15(13-20(19)25)5-4-6-17(16)22/h2-8,19-20,25H,9-14,22H2,1H3/t19-,20-/m1/s1. The Morgan fingerprint density at radius 3 is 2.54 bits per heavy atom. The SMILES string of the molecule is COc1ccccc1N1CCN([C@@H]2Cc3c(N)cccc3C[C@H]2O)CC1. The maximum Gasteiger partial charge on any atom is 0.142 e. The number of hydrogen-bond acceptors (Lipinski definition) is 5. The van der Waals surface area contributed by atoms with Crippen molar-refractivity contribution in [3.05, 3.63) is 53.6 Å². The van der Waals surface area contributed by atoms with E-state index in [1.165, 1.54) is 11.1 Å². The van der Waals surface area contributed by atoms with E-state index in [2.05, 4.69) is 28.0 Å². The zero-order valence-electron chi connectivity index (χ0n) is 15.3. The molecule has 2 aromatic rings. The van der Waals surface area contributed by atoms with Gasteiger partial charge in [-0.05, 0) is 35.7 Å². The van der Waals surface area contributed by atoms with Gasteiger partial charge in [-0.1, -0.05) is 24.3 Å². The number of anilines is 2. The van der Waals surface area contributed by atoms with Crippen LogP contribution in [0.4, 0.5) is 11.4 Å². The number of hydrogen-bond donors (Lipinski definition) is 2. The summed E-state index contributed by atoms with van der Waals surface area (Å²) in [7, 11) is 1.72. The number of nitrogen functional groups attached to an aromatic ring is 1. The second-order valence-corrected chi connectivity index (χ2v) is 7.22. The summed E-state index contributed by atoms with van der Waals surface area (Å²) in [6, 6.07) is 14.3. The maximum atomic E-state index is 10.7. The number of nitrogens with two attached hydrogens (primary N) is 1. The molecule has 1 aliphatic carbocycles. The molecule has 0 aromatic heterocycles. The van der Waals surface area contributed by atoms with E-state index in [1.54, 1.807) is 7.11 Å². The van der Waals surface area contributed by atoms with Gasteiger partial charge in [0.15, 0.2) is 0 Å². The number of nitrogens with zero attached hydrogens (tertiary/aromatic N) is 2.